The van der Waals surface area contributed by atoms with Gasteiger partial charge in [0.05, 0.1) is 17.4 Å². The zero-order valence-electron chi connectivity index (χ0n) is 30.1. The maximum Gasteiger partial charge on any atom is 0.179 e. The first-order chi connectivity index (χ1) is 26.5. The molecule has 54 heavy (non-hydrogen) atoms. The molecule has 0 saturated carbocycles. The Morgan fingerprint density at radius 1 is 0.556 bits per heavy atom. The van der Waals surface area contributed by atoms with Crippen LogP contribution in [0, 0.1) is 0 Å². The Morgan fingerprint density at radius 2 is 1.20 bits per heavy atom. The minimum atomic E-state index is -2.91. The van der Waals surface area contributed by atoms with Crippen molar-refractivity contribution in [1.82, 2.24) is 14.5 Å². The quantitative estimate of drug-likeness (QED) is 0.128. The third-order valence-corrected chi connectivity index (χ3v) is 16.0. The van der Waals surface area contributed by atoms with Crippen LogP contribution in [-0.4, -0.2) is 22.6 Å². The Labute approximate surface area is 316 Å². The number of benzene rings is 6. The molecule has 3 aromatic heterocycles. The fourth-order valence-electron chi connectivity index (χ4n) is 8.89. The molecule has 0 aliphatic carbocycles. The Balaban J connectivity index is 1.26. The molecule has 0 atom stereocenters. The van der Waals surface area contributed by atoms with Gasteiger partial charge < -0.3 is 4.74 Å². The third kappa shape index (κ3) is 4.82. The molecule has 0 spiro atoms. The monoisotopic (exact) mass is 711 g/mol. The second kappa shape index (κ2) is 12.5. The topological polar surface area (TPSA) is 39.9 Å². The summed E-state index contributed by atoms with van der Waals surface area (Å²) in [7, 11) is -2.91. The molecule has 0 amide bonds. The summed E-state index contributed by atoms with van der Waals surface area (Å²) < 4.78 is 8.92. The van der Waals surface area contributed by atoms with Gasteiger partial charge in [0, 0.05) is 44.8 Å². The van der Waals surface area contributed by atoms with E-state index in [-0.39, 0.29) is 5.41 Å². The van der Waals surface area contributed by atoms with Crippen LogP contribution in [0.1, 0.15) is 25.0 Å². The number of pyridine rings is 2. The minimum absolute atomic E-state index is 0.302. The van der Waals surface area contributed by atoms with Crippen molar-refractivity contribution in [3.05, 3.63) is 199 Å². The SMILES string of the molecule is CC1(C)c2ccccc2Oc2cnc3c(c21)c1ccccc1n3-c1cccc([Si](c2ccccc2)(c2ccccc2)c2cccc(-c3ccccn3)c2)c1. The van der Waals surface area contributed by atoms with Crippen LogP contribution in [0.15, 0.2) is 188 Å². The van der Waals surface area contributed by atoms with Crippen LogP contribution in [0.3, 0.4) is 0 Å². The summed E-state index contributed by atoms with van der Waals surface area (Å²) in [4.78, 5) is 9.95. The minimum Gasteiger partial charge on any atom is -0.455 e. The standard InChI is InChI=1S/C49H37N3OSi/c1-49(2)41-26-10-12-29-44(41)53-45-33-51-48-46(47(45)49)40-25-9-11-28-43(40)52(48)35-18-16-24-39(32-35)54(36-19-5-3-6-20-36,37-21-7-4-8-22-37)38-23-15-17-34(31-38)42-27-13-14-30-50-42/h3-33H,1-2H3. The van der Waals surface area contributed by atoms with Crippen LogP contribution in [-0.2, 0) is 5.41 Å². The van der Waals surface area contributed by atoms with Gasteiger partial charge in [0.1, 0.15) is 11.4 Å². The molecule has 258 valence electrons. The fraction of sp³-hybridized carbons (Fsp3) is 0.0612. The molecule has 5 heteroatoms. The molecular formula is C49H37N3OSi. The molecular weight excluding hydrogens is 675 g/mol. The molecule has 9 aromatic rings. The number of ether oxygens (including phenoxy) is 1. The van der Waals surface area contributed by atoms with Crippen LogP contribution in [0.2, 0.25) is 0 Å². The van der Waals surface area contributed by atoms with E-state index in [4.69, 9.17) is 14.7 Å². The summed E-state index contributed by atoms with van der Waals surface area (Å²) in [5.41, 5.74) is 7.23. The summed E-state index contributed by atoms with van der Waals surface area (Å²) in [5, 5.41) is 7.52. The van der Waals surface area contributed by atoms with Gasteiger partial charge in [0.2, 0.25) is 0 Å². The van der Waals surface area contributed by atoms with Gasteiger partial charge >= 0.3 is 0 Å². The van der Waals surface area contributed by atoms with E-state index in [0.717, 1.165) is 50.4 Å². The fourth-order valence-corrected chi connectivity index (χ4v) is 13.7. The first kappa shape index (κ1) is 32.1. The number of rotatable bonds is 6. The van der Waals surface area contributed by atoms with E-state index in [1.165, 1.54) is 31.9 Å². The van der Waals surface area contributed by atoms with Crippen LogP contribution < -0.4 is 25.5 Å². The Hall–Kier alpha value is -6.56. The highest BCUT2D eigenvalue weighted by molar-refractivity contribution is 7.20. The Bertz CT molecular complexity index is 2790. The van der Waals surface area contributed by atoms with Crippen molar-refractivity contribution in [2.75, 3.05) is 0 Å². The molecule has 4 heterocycles. The van der Waals surface area contributed by atoms with Gasteiger partial charge in [0.25, 0.3) is 0 Å². The molecule has 0 radical (unpaired) electrons. The number of aromatic nitrogens is 3. The van der Waals surface area contributed by atoms with Crippen molar-refractivity contribution in [3.63, 3.8) is 0 Å². The molecule has 4 nitrogen and oxygen atoms in total. The summed E-state index contributed by atoms with van der Waals surface area (Å²) in [5.74, 6) is 1.71. The first-order valence-electron chi connectivity index (χ1n) is 18.5. The summed E-state index contributed by atoms with van der Waals surface area (Å²) in [6, 6.07) is 63.6. The molecule has 0 N–H and O–H groups in total. The lowest BCUT2D eigenvalue weighted by Gasteiger charge is -2.35. The van der Waals surface area contributed by atoms with Crippen molar-refractivity contribution in [2.45, 2.75) is 19.3 Å². The Morgan fingerprint density at radius 3 is 1.96 bits per heavy atom. The van der Waals surface area contributed by atoms with Crippen molar-refractivity contribution >= 4 is 50.8 Å². The lowest BCUT2D eigenvalue weighted by atomic mass is 9.74. The maximum absolute atomic E-state index is 6.57. The summed E-state index contributed by atoms with van der Waals surface area (Å²) >= 11 is 0. The lowest BCUT2D eigenvalue weighted by molar-refractivity contribution is 0.419. The number of para-hydroxylation sites is 2. The molecule has 0 saturated heterocycles. The number of fused-ring (bicyclic) bond motifs is 6. The first-order valence-corrected chi connectivity index (χ1v) is 20.5. The van der Waals surface area contributed by atoms with Gasteiger partial charge in [-0.05, 0) is 57.1 Å². The lowest BCUT2D eigenvalue weighted by Crippen LogP contribution is -2.74. The van der Waals surface area contributed by atoms with Gasteiger partial charge in [-0.1, -0.05) is 153 Å². The highest BCUT2D eigenvalue weighted by Gasteiger charge is 2.42. The van der Waals surface area contributed by atoms with E-state index in [0.29, 0.717) is 0 Å². The van der Waals surface area contributed by atoms with Crippen molar-refractivity contribution in [1.29, 1.82) is 0 Å². The van der Waals surface area contributed by atoms with E-state index in [1.807, 2.05) is 24.5 Å². The predicted octanol–water partition coefficient (Wildman–Crippen LogP) is 9.05. The maximum atomic E-state index is 6.57. The predicted molar refractivity (Wildman–Crippen MR) is 224 cm³/mol. The van der Waals surface area contributed by atoms with Crippen molar-refractivity contribution < 1.29 is 4.74 Å². The normalized spacial score (nSPS) is 13.3. The number of nitrogens with zero attached hydrogens (tertiary/aromatic N) is 3. The van der Waals surface area contributed by atoms with Crippen LogP contribution in [0.4, 0.5) is 0 Å². The van der Waals surface area contributed by atoms with Crippen LogP contribution in [0.5, 0.6) is 11.5 Å². The van der Waals surface area contributed by atoms with E-state index in [2.05, 4.69) is 182 Å². The summed E-state index contributed by atoms with van der Waals surface area (Å²) in [6.45, 7) is 4.61. The second-order valence-electron chi connectivity index (χ2n) is 14.6. The zero-order chi connectivity index (χ0) is 36.3. The van der Waals surface area contributed by atoms with Gasteiger partial charge in [-0.25, -0.2) is 4.98 Å². The molecule has 1 aliphatic rings. The van der Waals surface area contributed by atoms with Gasteiger partial charge in [-0.2, -0.15) is 0 Å². The average Bonchev–Trinajstić information content (AvgIpc) is 3.57. The number of hydrogen-bond donors (Lipinski definition) is 0. The molecule has 1 aliphatic heterocycles. The summed E-state index contributed by atoms with van der Waals surface area (Å²) in [6.07, 6.45) is 3.79. The van der Waals surface area contributed by atoms with Gasteiger partial charge in [-0.3, -0.25) is 9.55 Å². The van der Waals surface area contributed by atoms with Crippen LogP contribution >= 0.6 is 0 Å². The number of hydrogen-bond acceptors (Lipinski definition) is 3. The molecule has 6 aromatic carbocycles. The third-order valence-electron chi connectivity index (χ3n) is 11.3. The highest BCUT2D eigenvalue weighted by atomic mass is 28.3. The average molecular weight is 712 g/mol. The van der Waals surface area contributed by atoms with E-state index >= 15 is 0 Å². The largest absolute Gasteiger partial charge is 0.455 e. The van der Waals surface area contributed by atoms with Crippen LogP contribution in [0.25, 0.3) is 38.9 Å². The smallest absolute Gasteiger partial charge is 0.179 e. The van der Waals surface area contributed by atoms with E-state index < -0.39 is 8.07 Å². The van der Waals surface area contributed by atoms with E-state index in [9.17, 15) is 0 Å². The molecule has 0 fully saturated rings. The zero-order valence-corrected chi connectivity index (χ0v) is 31.1. The van der Waals surface area contributed by atoms with E-state index in [1.54, 1.807) is 0 Å². The Kier molecular flexibility index (Phi) is 7.46. The van der Waals surface area contributed by atoms with Crippen molar-refractivity contribution in [2.24, 2.45) is 0 Å². The van der Waals surface area contributed by atoms with Gasteiger partial charge in [-0.15, -0.1) is 0 Å². The molecule has 0 bridgehead atoms. The molecule has 10 rings (SSSR count). The second-order valence-corrected chi connectivity index (χ2v) is 18.4. The van der Waals surface area contributed by atoms with Gasteiger partial charge in [0.15, 0.2) is 13.8 Å². The highest BCUT2D eigenvalue weighted by Crippen LogP contribution is 2.51. The van der Waals surface area contributed by atoms with Crippen molar-refractivity contribution in [3.8, 4) is 28.4 Å². The molecule has 0 unspecified atom stereocenters.